The average Bonchev–Trinajstić information content (AvgIpc) is 2.15. The molecule has 5 heteroatoms. The Balaban J connectivity index is 2.90. The molecule has 1 nitrogen and oxygen atoms in total. The number of aliphatic hydroxyl groups excluding tert-OH is 1. The molecule has 1 atom stereocenters. The second-order valence-corrected chi connectivity index (χ2v) is 3.41. The van der Waals surface area contributed by atoms with Crippen LogP contribution in [0.25, 0.3) is 0 Å². The molecule has 1 aromatic carbocycles. The number of benzene rings is 1. The van der Waals surface area contributed by atoms with Gasteiger partial charge in [-0.2, -0.15) is 13.2 Å². The number of hydrogen-bond acceptors (Lipinski definition) is 1. The van der Waals surface area contributed by atoms with Crippen molar-refractivity contribution in [3.63, 3.8) is 0 Å². The summed E-state index contributed by atoms with van der Waals surface area (Å²) in [5.41, 5.74) is -1.08. The van der Waals surface area contributed by atoms with E-state index in [9.17, 15) is 18.3 Å². The Morgan fingerprint density at radius 1 is 1.27 bits per heavy atom. The average molecular weight is 237 g/mol. The van der Waals surface area contributed by atoms with Crippen molar-refractivity contribution in [3.05, 3.63) is 47.0 Å². The van der Waals surface area contributed by atoms with E-state index in [1.54, 1.807) is 0 Å². The minimum Gasteiger partial charge on any atom is -0.384 e. The summed E-state index contributed by atoms with van der Waals surface area (Å²) < 4.78 is 36.5. The third kappa shape index (κ3) is 2.97. The van der Waals surface area contributed by atoms with Crippen LogP contribution in [-0.4, -0.2) is 11.3 Å². The normalized spacial score (nSPS) is 13.7. The third-order valence-electron chi connectivity index (χ3n) is 1.88. The van der Waals surface area contributed by atoms with E-state index in [0.717, 1.165) is 0 Å². The van der Waals surface area contributed by atoms with E-state index in [1.165, 1.54) is 24.3 Å². The van der Waals surface area contributed by atoms with Crippen LogP contribution in [0.2, 0.25) is 5.02 Å². The fourth-order valence-electron chi connectivity index (χ4n) is 1.00. The van der Waals surface area contributed by atoms with Crippen molar-refractivity contribution in [1.29, 1.82) is 0 Å². The lowest BCUT2D eigenvalue weighted by Gasteiger charge is -2.16. The highest BCUT2D eigenvalue weighted by molar-refractivity contribution is 6.30. The van der Waals surface area contributed by atoms with E-state index in [4.69, 9.17) is 11.6 Å². The van der Waals surface area contributed by atoms with Crippen molar-refractivity contribution in [2.45, 2.75) is 12.3 Å². The van der Waals surface area contributed by atoms with Gasteiger partial charge in [0.1, 0.15) is 6.10 Å². The SMILES string of the molecule is C=C([C@H](O)c1ccc(Cl)cc1)C(F)(F)F. The van der Waals surface area contributed by atoms with Gasteiger partial charge >= 0.3 is 6.18 Å². The van der Waals surface area contributed by atoms with E-state index in [1.807, 2.05) is 0 Å². The van der Waals surface area contributed by atoms with Crippen molar-refractivity contribution in [2.75, 3.05) is 0 Å². The van der Waals surface area contributed by atoms with Crippen LogP contribution in [0.15, 0.2) is 36.4 Å². The number of hydrogen-bond donors (Lipinski definition) is 1. The molecule has 0 heterocycles. The van der Waals surface area contributed by atoms with Gasteiger partial charge in [-0.25, -0.2) is 0 Å². The second kappa shape index (κ2) is 4.24. The standard InChI is InChI=1S/C10H8ClF3O/c1-6(10(12,13)14)9(15)7-2-4-8(11)5-3-7/h2-5,9,15H,1H2/t9-/m0/s1. The van der Waals surface area contributed by atoms with E-state index in [2.05, 4.69) is 6.58 Å². The fourth-order valence-corrected chi connectivity index (χ4v) is 1.13. The van der Waals surface area contributed by atoms with E-state index < -0.39 is 17.9 Å². The van der Waals surface area contributed by atoms with Crippen molar-refractivity contribution in [2.24, 2.45) is 0 Å². The highest BCUT2D eigenvalue weighted by Crippen LogP contribution is 2.34. The molecule has 0 unspecified atom stereocenters. The zero-order chi connectivity index (χ0) is 11.6. The van der Waals surface area contributed by atoms with E-state index >= 15 is 0 Å². The lowest BCUT2D eigenvalue weighted by Crippen LogP contribution is -2.17. The second-order valence-electron chi connectivity index (χ2n) is 2.98. The molecule has 1 rings (SSSR count). The predicted molar refractivity (Wildman–Crippen MR) is 51.6 cm³/mol. The van der Waals surface area contributed by atoms with Gasteiger partial charge in [-0.3, -0.25) is 0 Å². The Morgan fingerprint density at radius 3 is 2.13 bits per heavy atom. The predicted octanol–water partition coefficient (Wildman–Crippen LogP) is 3.49. The molecule has 1 N–H and O–H groups in total. The Kier molecular flexibility index (Phi) is 3.42. The van der Waals surface area contributed by atoms with Gasteiger partial charge in [0.15, 0.2) is 0 Å². The molecule has 0 aliphatic rings. The number of rotatable bonds is 2. The van der Waals surface area contributed by atoms with Crippen LogP contribution >= 0.6 is 11.6 Å². The van der Waals surface area contributed by atoms with Crippen molar-refractivity contribution in [1.82, 2.24) is 0 Å². The monoisotopic (exact) mass is 236 g/mol. The molecule has 0 fully saturated rings. The summed E-state index contributed by atoms with van der Waals surface area (Å²) in [7, 11) is 0. The summed E-state index contributed by atoms with van der Waals surface area (Å²) in [6.45, 7) is 2.82. The molecule has 0 saturated heterocycles. The van der Waals surface area contributed by atoms with Gasteiger partial charge in [0.2, 0.25) is 0 Å². The quantitative estimate of drug-likeness (QED) is 0.780. The maximum atomic E-state index is 12.2. The van der Waals surface area contributed by atoms with Crippen LogP contribution in [0.1, 0.15) is 11.7 Å². The van der Waals surface area contributed by atoms with Crippen LogP contribution in [0.4, 0.5) is 13.2 Å². The van der Waals surface area contributed by atoms with Crippen molar-refractivity contribution >= 4 is 11.6 Å². The van der Waals surface area contributed by atoms with Gasteiger partial charge < -0.3 is 5.11 Å². The number of alkyl halides is 3. The van der Waals surface area contributed by atoms with Crippen molar-refractivity contribution in [3.8, 4) is 0 Å². The van der Waals surface area contributed by atoms with Crippen LogP contribution < -0.4 is 0 Å². The first kappa shape index (κ1) is 12.1. The van der Waals surface area contributed by atoms with Crippen LogP contribution in [0.3, 0.4) is 0 Å². The lowest BCUT2D eigenvalue weighted by atomic mass is 10.0. The zero-order valence-corrected chi connectivity index (χ0v) is 8.31. The highest BCUT2D eigenvalue weighted by Gasteiger charge is 2.36. The Labute approximate surface area is 89.8 Å². The Hall–Kier alpha value is -1.00. The number of halogens is 4. The molecule has 0 spiro atoms. The van der Waals surface area contributed by atoms with Gasteiger partial charge in [0.05, 0.1) is 5.57 Å². The maximum Gasteiger partial charge on any atom is 0.414 e. The molecule has 0 radical (unpaired) electrons. The first-order chi connectivity index (χ1) is 6.82. The molecule has 0 saturated carbocycles. The maximum absolute atomic E-state index is 12.2. The van der Waals surface area contributed by atoms with Gasteiger partial charge in [0, 0.05) is 5.02 Å². The van der Waals surface area contributed by atoms with E-state index in [-0.39, 0.29) is 5.56 Å². The molecule has 1 aromatic rings. The van der Waals surface area contributed by atoms with Crippen LogP contribution in [-0.2, 0) is 0 Å². The topological polar surface area (TPSA) is 20.2 Å². The van der Waals surface area contributed by atoms with E-state index in [0.29, 0.717) is 5.02 Å². The Morgan fingerprint density at radius 2 is 1.73 bits per heavy atom. The van der Waals surface area contributed by atoms with Gasteiger partial charge in [-0.05, 0) is 17.7 Å². The van der Waals surface area contributed by atoms with Gasteiger partial charge in [-0.1, -0.05) is 30.3 Å². The molecule has 0 aromatic heterocycles. The van der Waals surface area contributed by atoms with Gasteiger partial charge in [0.25, 0.3) is 0 Å². The molecule has 82 valence electrons. The first-order valence-electron chi connectivity index (χ1n) is 4.02. The first-order valence-corrected chi connectivity index (χ1v) is 4.39. The molecule has 0 bridgehead atoms. The summed E-state index contributed by atoms with van der Waals surface area (Å²) in [5, 5.41) is 9.75. The Bertz CT molecular complexity index is 356. The highest BCUT2D eigenvalue weighted by atomic mass is 35.5. The summed E-state index contributed by atoms with van der Waals surface area (Å²) in [4.78, 5) is 0. The summed E-state index contributed by atoms with van der Waals surface area (Å²) >= 11 is 5.56. The largest absolute Gasteiger partial charge is 0.414 e. The molecule has 0 aliphatic carbocycles. The zero-order valence-electron chi connectivity index (χ0n) is 7.55. The fraction of sp³-hybridized carbons (Fsp3) is 0.200. The summed E-state index contributed by atoms with van der Waals surface area (Å²) in [6, 6.07) is 5.46. The summed E-state index contributed by atoms with van der Waals surface area (Å²) in [6.07, 6.45) is -6.35. The molecular weight excluding hydrogens is 229 g/mol. The van der Waals surface area contributed by atoms with Crippen LogP contribution in [0, 0.1) is 0 Å². The summed E-state index contributed by atoms with van der Waals surface area (Å²) in [5.74, 6) is 0. The molecule has 15 heavy (non-hydrogen) atoms. The lowest BCUT2D eigenvalue weighted by molar-refractivity contribution is -0.105. The minimum atomic E-state index is -4.60. The minimum absolute atomic E-state index is 0.113. The van der Waals surface area contributed by atoms with Crippen LogP contribution in [0.5, 0.6) is 0 Å². The smallest absolute Gasteiger partial charge is 0.384 e. The third-order valence-corrected chi connectivity index (χ3v) is 2.13. The van der Waals surface area contributed by atoms with Crippen molar-refractivity contribution < 1.29 is 18.3 Å². The van der Waals surface area contributed by atoms with Gasteiger partial charge in [-0.15, -0.1) is 0 Å². The molecule has 0 amide bonds. The molecular formula is C10H8ClF3O. The number of aliphatic hydroxyl groups is 1. The molecule has 0 aliphatic heterocycles.